The average Bonchev–Trinajstić information content (AvgIpc) is 2.44. The molecule has 0 unspecified atom stereocenters. The maximum atomic E-state index is 12.7. The van der Waals surface area contributed by atoms with E-state index >= 15 is 0 Å². The molecule has 5 heteroatoms. The Hall–Kier alpha value is -2.04. The maximum Gasteiger partial charge on any atom is 0.318 e. The first-order valence-corrected chi connectivity index (χ1v) is 7.77. The molecule has 5 nitrogen and oxygen atoms in total. The molecule has 1 aromatic carbocycles. The van der Waals surface area contributed by atoms with Gasteiger partial charge in [0.15, 0.2) is 0 Å². The average molecular weight is 303 g/mol. The molecule has 0 bridgehead atoms. The minimum absolute atomic E-state index is 0.0288. The highest BCUT2D eigenvalue weighted by Crippen LogP contribution is 2.26. The molecule has 1 atom stereocenters. The van der Waals surface area contributed by atoms with Gasteiger partial charge in [0.1, 0.15) is 6.04 Å². The van der Waals surface area contributed by atoms with E-state index in [9.17, 15) is 9.59 Å². The monoisotopic (exact) mass is 303 g/mol. The first-order chi connectivity index (χ1) is 10.3. The predicted molar refractivity (Wildman–Crippen MR) is 88.1 cm³/mol. The van der Waals surface area contributed by atoms with Gasteiger partial charge >= 0.3 is 6.03 Å². The second-order valence-corrected chi connectivity index (χ2v) is 6.18. The highest BCUT2D eigenvalue weighted by molar-refractivity contribution is 6.00. The van der Waals surface area contributed by atoms with E-state index in [4.69, 9.17) is 0 Å². The van der Waals surface area contributed by atoms with Crippen molar-refractivity contribution in [3.05, 3.63) is 29.3 Å². The Bertz CT molecular complexity index is 583. The van der Waals surface area contributed by atoms with Gasteiger partial charge in [-0.15, -0.1) is 0 Å². The predicted octanol–water partition coefficient (Wildman–Crippen LogP) is 2.46. The summed E-state index contributed by atoms with van der Waals surface area (Å²) in [5.41, 5.74) is 3.22. The molecule has 1 aromatic rings. The maximum absolute atomic E-state index is 12.7. The van der Waals surface area contributed by atoms with Gasteiger partial charge in [-0.25, -0.2) is 4.79 Å². The molecule has 1 heterocycles. The van der Waals surface area contributed by atoms with Crippen molar-refractivity contribution in [3.63, 3.8) is 0 Å². The third-order valence-electron chi connectivity index (χ3n) is 4.20. The first kappa shape index (κ1) is 16.3. The standard InChI is InChI=1S/C17H25N3O2/c1-11(2)18-17(22)19-9-10-20(16(21)14(19)5)15-8-6-7-12(3)13(15)4/h6-8,11,14H,9-10H2,1-5H3,(H,18,22)/t14-/m0/s1. The van der Waals surface area contributed by atoms with Crippen molar-refractivity contribution in [1.82, 2.24) is 10.2 Å². The summed E-state index contributed by atoms with van der Waals surface area (Å²) in [5, 5.41) is 2.85. The SMILES string of the molecule is Cc1cccc(N2CCN(C(=O)NC(C)C)[C@@H](C)C2=O)c1C. The number of piperazine rings is 1. The first-order valence-electron chi connectivity index (χ1n) is 7.77. The number of nitrogens with zero attached hydrogens (tertiary/aromatic N) is 2. The lowest BCUT2D eigenvalue weighted by Gasteiger charge is -2.39. The molecule has 0 radical (unpaired) electrons. The number of urea groups is 1. The topological polar surface area (TPSA) is 52.6 Å². The van der Waals surface area contributed by atoms with Crippen molar-refractivity contribution in [2.24, 2.45) is 0 Å². The van der Waals surface area contributed by atoms with Crippen molar-refractivity contribution >= 4 is 17.6 Å². The minimum Gasteiger partial charge on any atom is -0.336 e. The van der Waals surface area contributed by atoms with E-state index in [-0.39, 0.29) is 18.0 Å². The molecule has 1 N–H and O–H groups in total. The highest BCUT2D eigenvalue weighted by atomic mass is 16.2. The summed E-state index contributed by atoms with van der Waals surface area (Å²) in [6, 6.07) is 5.42. The smallest absolute Gasteiger partial charge is 0.318 e. The molecule has 2 rings (SSSR count). The summed E-state index contributed by atoms with van der Waals surface area (Å²) in [7, 11) is 0. The third-order valence-corrected chi connectivity index (χ3v) is 4.20. The largest absolute Gasteiger partial charge is 0.336 e. The zero-order valence-electron chi connectivity index (χ0n) is 14.0. The van der Waals surface area contributed by atoms with Crippen LogP contribution in [0.4, 0.5) is 10.5 Å². The van der Waals surface area contributed by atoms with Gasteiger partial charge in [-0.1, -0.05) is 12.1 Å². The van der Waals surface area contributed by atoms with Crippen LogP contribution >= 0.6 is 0 Å². The Morgan fingerprint density at radius 3 is 2.59 bits per heavy atom. The lowest BCUT2D eigenvalue weighted by atomic mass is 10.1. The number of aryl methyl sites for hydroxylation is 1. The van der Waals surface area contributed by atoms with Crippen molar-refractivity contribution in [1.29, 1.82) is 0 Å². The number of hydrogen-bond donors (Lipinski definition) is 1. The number of rotatable bonds is 2. The second-order valence-electron chi connectivity index (χ2n) is 6.18. The van der Waals surface area contributed by atoms with E-state index < -0.39 is 6.04 Å². The third kappa shape index (κ3) is 3.08. The Morgan fingerprint density at radius 1 is 1.27 bits per heavy atom. The molecule has 1 aliphatic heterocycles. The molecular formula is C17H25N3O2. The fraction of sp³-hybridized carbons (Fsp3) is 0.529. The fourth-order valence-electron chi connectivity index (χ4n) is 2.74. The zero-order valence-corrected chi connectivity index (χ0v) is 14.0. The number of benzene rings is 1. The van der Waals surface area contributed by atoms with Crippen molar-refractivity contribution < 1.29 is 9.59 Å². The molecule has 0 saturated carbocycles. The Labute approximate surface area is 132 Å². The summed E-state index contributed by atoms with van der Waals surface area (Å²) in [6.07, 6.45) is 0. The van der Waals surface area contributed by atoms with Crippen LogP contribution in [-0.4, -0.2) is 42.0 Å². The number of hydrogen-bond acceptors (Lipinski definition) is 2. The van der Waals surface area contributed by atoms with Crippen LogP contribution in [0.5, 0.6) is 0 Å². The fourth-order valence-corrected chi connectivity index (χ4v) is 2.74. The molecule has 3 amide bonds. The van der Waals surface area contributed by atoms with Crippen molar-refractivity contribution in [2.75, 3.05) is 18.0 Å². The molecule has 1 fully saturated rings. The van der Waals surface area contributed by atoms with Crippen LogP contribution in [0.15, 0.2) is 18.2 Å². The molecule has 120 valence electrons. The molecular weight excluding hydrogens is 278 g/mol. The summed E-state index contributed by atoms with van der Waals surface area (Å²) in [4.78, 5) is 28.3. The number of carbonyl (C=O) groups is 2. The van der Waals surface area contributed by atoms with E-state index in [1.807, 2.05) is 45.9 Å². The van der Waals surface area contributed by atoms with Crippen LogP contribution in [-0.2, 0) is 4.79 Å². The van der Waals surface area contributed by atoms with E-state index in [1.165, 1.54) is 0 Å². The lowest BCUT2D eigenvalue weighted by Crippen LogP contribution is -2.60. The number of amides is 3. The van der Waals surface area contributed by atoms with Gasteiger partial charge in [-0.3, -0.25) is 4.79 Å². The van der Waals surface area contributed by atoms with Gasteiger partial charge in [-0.2, -0.15) is 0 Å². The van der Waals surface area contributed by atoms with E-state index in [1.54, 1.807) is 16.7 Å². The van der Waals surface area contributed by atoms with E-state index in [2.05, 4.69) is 5.32 Å². The summed E-state index contributed by atoms with van der Waals surface area (Å²) >= 11 is 0. The Balaban J connectivity index is 2.19. The van der Waals surface area contributed by atoms with Crippen LogP contribution in [0.3, 0.4) is 0 Å². The number of anilines is 1. The minimum atomic E-state index is -0.451. The molecule has 0 aromatic heterocycles. The quantitative estimate of drug-likeness (QED) is 0.912. The van der Waals surface area contributed by atoms with Crippen molar-refractivity contribution in [3.8, 4) is 0 Å². The highest BCUT2D eigenvalue weighted by Gasteiger charge is 2.35. The van der Waals surface area contributed by atoms with Crippen molar-refractivity contribution in [2.45, 2.75) is 46.7 Å². The van der Waals surface area contributed by atoms with Crippen LogP contribution in [0, 0.1) is 13.8 Å². The zero-order chi connectivity index (χ0) is 16.4. The van der Waals surface area contributed by atoms with Crippen LogP contribution in [0.2, 0.25) is 0 Å². The Morgan fingerprint density at radius 2 is 1.95 bits per heavy atom. The molecule has 0 spiro atoms. The van der Waals surface area contributed by atoms with E-state index in [0.717, 1.165) is 16.8 Å². The summed E-state index contributed by atoms with van der Waals surface area (Å²) in [5.74, 6) is -0.0288. The van der Waals surface area contributed by atoms with Gasteiger partial charge in [0.2, 0.25) is 5.91 Å². The number of carbonyl (C=O) groups excluding carboxylic acids is 2. The number of nitrogens with one attached hydrogen (secondary N) is 1. The van der Waals surface area contributed by atoms with Gasteiger partial charge in [-0.05, 0) is 51.8 Å². The van der Waals surface area contributed by atoms with Gasteiger partial charge < -0.3 is 15.1 Å². The van der Waals surface area contributed by atoms with Gasteiger partial charge in [0.25, 0.3) is 0 Å². The van der Waals surface area contributed by atoms with Crippen LogP contribution in [0.25, 0.3) is 0 Å². The molecule has 1 saturated heterocycles. The van der Waals surface area contributed by atoms with Crippen LogP contribution in [0.1, 0.15) is 31.9 Å². The summed E-state index contributed by atoms with van der Waals surface area (Å²) < 4.78 is 0. The lowest BCUT2D eigenvalue weighted by molar-refractivity contribution is -0.124. The molecule has 22 heavy (non-hydrogen) atoms. The normalized spacial score (nSPS) is 18.8. The molecule has 0 aliphatic carbocycles. The van der Waals surface area contributed by atoms with Gasteiger partial charge in [0.05, 0.1) is 0 Å². The summed E-state index contributed by atoms with van der Waals surface area (Å²) in [6.45, 7) is 10.8. The molecule has 1 aliphatic rings. The van der Waals surface area contributed by atoms with Gasteiger partial charge in [0, 0.05) is 24.8 Å². The van der Waals surface area contributed by atoms with Crippen LogP contribution < -0.4 is 10.2 Å². The Kier molecular flexibility index (Phi) is 4.74. The second kappa shape index (κ2) is 6.38. The van der Waals surface area contributed by atoms with E-state index in [0.29, 0.717) is 13.1 Å².